The van der Waals surface area contributed by atoms with Crippen LogP contribution in [0.5, 0.6) is 23.0 Å². The van der Waals surface area contributed by atoms with E-state index in [0.29, 0.717) is 23.0 Å². The largest absolute Gasteiger partial charge is 0.449 e. The number of hydrogen-bond donors (Lipinski definition) is 0. The second kappa shape index (κ2) is 14.2. The van der Waals surface area contributed by atoms with Gasteiger partial charge in [-0.1, -0.05) is 188 Å². The zero-order valence-corrected chi connectivity index (χ0v) is 35.8. The zero-order valence-electron chi connectivity index (χ0n) is 35.8. The Balaban J connectivity index is 0.911. The molecule has 0 bridgehead atoms. The maximum atomic E-state index is 7.18. The van der Waals surface area contributed by atoms with Crippen LogP contribution in [0.15, 0.2) is 237 Å². The molecule has 0 amide bonds. The van der Waals surface area contributed by atoms with Crippen LogP contribution in [0.3, 0.4) is 0 Å². The summed E-state index contributed by atoms with van der Waals surface area (Å²) in [7, 11) is 0. The Morgan fingerprint density at radius 2 is 0.742 bits per heavy atom. The van der Waals surface area contributed by atoms with E-state index in [9.17, 15) is 0 Å². The summed E-state index contributed by atoms with van der Waals surface area (Å²) < 4.78 is 14.2. The molecule has 3 nitrogen and oxygen atoms in total. The Morgan fingerprint density at radius 3 is 1.30 bits per heavy atom. The number of ether oxygens (including phenoxy) is 2. The first-order chi connectivity index (χ1) is 32.7. The average Bonchev–Trinajstić information content (AvgIpc) is 3.84. The predicted molar refractivity (Wildman–Crippen MR) is 270 cm³/mol. The van der Waals surface area contributed by atoms with Gasteiger partial charge in [0, 0.05) is 11.4 Å². The summed E-state index contributed by atoms with van der Waals surface area (Å²) in [6, 6.07) is 85.3. The highest BCUT2D eigenvalue weighted by molar-refractivity contribution is 5.99. The molecule has 0 N–H and O–H groups in total. The van der Waals surface area contributed by atoms with E-state index in [1.807, 2.05) is 6.07 Å². The lowest BCUT2D eigenvalue weighted by Gasteiger charge is -2.32. The number of benzene rings is 11. The molecule has 0 saturated heterocycles. The normalized spacial score (nSPS) is 13.2. The van der Waals surface area contributed by atoms with E-state index in [-0.39, 0.29) is 0 Å². The van der Waals surface area contributed by atoms with Crippen molar-refractivity contribution in [2.45, 2.75) is 5.41 Å². The summed E-state index contributed by atoms with van der Waals surface area (Å²) >= 11 is 0. The molecule has 0 aromatic heterocycles. The minimum atomic E-state index is -0.479. The van der Waals surface area contributed by atoms with E-state index in [1.54, 1.807) is 0 Å². The summed E-state index contributed by atoms with van der Waals surface area (Å²) in [4.78, 5) is 2.29. The molecule has 3 aliphatic rings. The van der Waals surface area contributed by atoms with Crippen molar-refractivity contribution in [3.63, 3.8) is 0 Å². The molecule has 1 aliphatic heterocycles. The van der Waals surface area contributed by atoms with Gasteiger partial charge in [-0.3, -0.25) is 0 Å². The highest BCUT2D eigenvalue weighted by atomic mass is 16.6. The summed E-state index contributed by atoms with van der Waals surface area (Å²) in [6.45, 7) is 0. The smallest absolute Gasteiger partial charge is 0.194 e. The zero-order chi connectivity index (χ0) is 43.3. The summed E-state index contributed by atoms with van der Waals surface area (Å²) in [5.41, 5.74) is 17.1. The monoisotopic (exact) mass is 841 g/mol. The quantitative estimate of drug-likeness (QED) is 0.172. The third kappa shape index (κ3) is 5.26. The molecule has 0 fully saturated rings. The van der Waals surface area contributed by atoms with Crippen molar-refractivity contribution in [2.24, 2.45) is 0 Å². The van der Waals surface area contributed by atoms with Gasteiger partial charge in [0.2, 0.25) is 0 Å². The first-order valence-corrected chi connectivity index (χ1v) is 22.7. The van der Waals surface area contributed by atoms with E-state index >= 15 is 0 Å². The Morgan fingerprint density at radius 1 is 0.303 bits per heavy atom. The molecule has 0 atom stereocenters. The third-order valence-corrected chi connectivity index (χ3v) is 14.1. The number of anilines is 3. The molecule has 3 heteroatoms. The minimum absolute atomic E-state index is 0.479. The third-order valence-electron chi connectivity index (χ3n) is 14.1. The number of rotatable bonds is 5. The van der Waals surface area contributed by atoms with Gasteiger partial charge in [-0.05, 0) is 137 Å². The average molecular weight is 842 g/mol. The maximum absolute atomic E-state index is 7.18. The van der Waals surface area contributed by atoms with Crippen molar-refractivity contribution < 1.29 is 9.47 Å². The molecule has 2 aliphatic carbocycles. The van der Waals surface area contributed by atoms with Gasteiger partial charge in [-0.25, -0.2) is 0 Å². The molecule has 0 saturated carbocycles. The number of nitrogens with zero attached hydrogens (tertiary/aromatic N) is 1. The molecule has 1 spiro atoms. The number of hydrogen-bond acceptors (Lipinski definition) is 3. The van der Waals surface area contributed by atoms with E-state index < -0.39 is 5.41 Å². The Hall–Kier alpha value is -8.66. The van der Waals surface area contributed by atoms with Crippen LogP contribution < -0.4 is 14.4 Å². The van der Waals surface area contributed by atoms with Crippen molar-refractivity contribution in [2.75, 3.05) is 4.90 Å². The van der Waals surface area contributed by atoms with Gasteiger partial charge in [-0.15, -0.1) is 0 Å². The molecule has 11 aromatic carbocycles. The second-order valence-corrected chi connectivity index (χ2v) is 17.5. The Labute approximate surface area is 383 Å². The van der Waals surface area contributed by atoms with Crippen molar-refractivity contribution in [3.05, 3.63) is 259 Å². The van der Waals surface area contributed by atoms with Crippen LogP contribution in [0.1, 0.15) is 22.3 Å². The predicted octanol–water partition coefficient (Wildman–Crippen LogP) is 17.0. The van der Waals surface area contributed by atoms with E-state index in [2.05, 4.69) is 235 Å². The van der Waals surface area contributed by atoms with Crippen LogP contribution in [-0.4, -0.2) is 0 Å². The Bertz CT molecular complexity index is 3590. The lowest BCUT2D eigenvalue weighted by molar-refractivity contribution is 0.360. The number of para-hydroxylation sites is 1. The molecular formula is C63H39NO2. The number of fused-ring (bicyclic) bond motifs is 14. The van der Waals surface area contributed by atoms with E-state index in [1.165, 1.54) is 71.6 Å². The van der Waals surface area contributed by atoms with E-state index in [0.717, 1.165) is 33.8 Å². The lowest BCUT2D eigenvalue weighted by atomic mass is 9.70. The van der Waals surface area contributed by atoms with Crippen LogP contribution in [0.2, 0.25) is 0 Å². The summed E-state index contributed by atoms with van der Waals surface area (Å²) in [5.74, 6) is 2.73. The molecular weight excluding hydrogens is 803 g/mol. The van der Waals surface area contributed by atoms with Gasteiger partial charge in [0.1, 0.15) is 0 Å². The van der Waals surface area contributed by atoms with Crippen molar-refractivity contribution >= 4 is 38.6 Å². The van der Waals surface area contributed by atoms with Crippen molar-refractivity contribution in [1.29, 1.82) is 0 Å². The van der Waals surface area contributed by atoms with Gasteiger partial charge in [0.05, 0.1) is 11.1 Å². The lowest BCUT2D eigenvalue weighted by Crippen LogP contribution is -2.25. The van der Waals surface area contributed by atoms with Crippen molar-refractivity contribution in [1.82, 2.24) is 0 Å². The standard InChI is InChI=1S/C63H39NO2/c1-3-18-46-40(14-1)16-11-23-48(46)42-30-34-44(35-31-42)64(45-36-32-43(33-37-45)49-24-12-17-41-15-2-4-19-47(41)49)58-28-13-29-59-62(58)66-60-38-53-52-22-7-10-27-56(52)63(57(53)39-61(60)65-59)54-25-8-5-20-50(54)51-21-6-9-26-55(51)63/h1-39H. The van der Waals surface area contributed by atoms with Gasteiger partial charge in [-0.2, -0.15) is 0 Å². The van der Waals surface area contributed by atoms with Gasteiger partial charge >= 0.3 is 0 Å². The molecule has 0 unspecified atom stereocenters. The topological polar surface area (TPSA) is 21.7 Å². The molecule has 308 valence electrons. The SMILES string of the molecule is c1ccc2c(c1)-c1ccccc1C21c2ccccc2-c2cc3c(cc21)Oc1cccc(N(c2ccc(-c4cccc5ccccc45)cc2)c2ccc(-c4cccc5ccccc45)cc2)c1O3. The molecule has 0 radical (unpaired) electrons. The fraction of sp³-hybridized carbons (Fsp3) is 0.0159. The minimum Gasteiger partial charge on any atom is -0.449 e. The molecule has 66 heavy (non-hydrogen) atoms. The molecule has 14 rings (SSSR count). The van der Waals surface area contributed by atoms with Crippen LogP contribution in [0.4, 0.5) is 17.1 Å². The summed E-state index contributed by atoms with van der Waals surface area (Å²) in [6.07, 6.45) is 0. The Kier molecular flexibility index (Phi) is 7.90. The van der Waals surface area contributed by atoms with Crippen molar-refractivity contribution in [3.8, 4) is 67.5 Å². The maximum Gasteiger partial charge on any atom is 0.194 e. The van der Waals surface area contributed by atoms with Crippen LogP contribution in [0.25, 0.3) is 66.1 Å². The van der Waals surface area contributed by atoms with E-state index in [4.69, 9.17) is 9.47 Å². The van der Waals surface area contributed by atoms with Crippen LogP contribution in [-0.2, 0) is 5.41 Å². The fourth-order valence-corrected chi connectivity index (χ4v) is 11.3. The van der Waals surface area contributed by atoms with Gasteiger partial charge < -0.3 is 14.4 Å². The van der Waals surface area contributed by atoms with Gasteiger partial charge in [0.25, 0.3) is 0 Å². The first kappa shape index (κ1) is 36.8. The van der Waals surface area contributed by atoms with Crippen LogP contribution in [0, 0.1) is 0 Å². The van der Waals surface area contributed by atoms with Gasteiger partial charge in [0.15, 0.2) is 23.0 Å². The highest BCUT2D eigenvalue weighted by Gasteiger charge is 2.52. The van der Waals surface area contributed by atoms with Crippen LogP contribution >= 0.6 is 0 Å². The molecule has 1 heterocycles. The molecule has 11 aromatic rings. The first-order valence-electron chi connectivity index (χ1n) is 22.7. The fourth-order valence-electron chi connectivity index (χ4n) is 11.3. The summed E-state index contributed by atoms with van der Waals surface area (Å²) in [5, 5.41) is 4.91. The highest BCUT2D eigenvalue weighted by Crippen LogP contribution is 2.65. The second-order valence-electron chi connectivity index (χ2n) is 17.5.